The first-order valence-corrected chi connectivity index (χ1v) is 12.8. The lowest BCUT2D eigenvalue weighted by molar-refractivity contribution is 0.464. The van der Waals surface area contributed by atoms with Crippen molar-refractivity contribution >= 4 is 44.9 Å². The van der Waals surface area contributed by atoms with E-state index in [1.54, 1.807) is 0 Å². The Morgan fingerprint density at radius 2 is 1.37 bits per heavy atom. The third-order valence-electron chi connectivity index (χ3n) is 7.86. The molecule has 0 saturated carbocycles. The molecule has 0 N–H and O–H groups in total. The minimum Gasteiger partial charge on any atom is -0.458 e. The zero-order valence-corrected chi connectivity index (χ0v) is 20.9. The normalized spacial score (nSPS) is 12.8. The second-order valence-electron chi connectivity index (χ2n) is 10.2. The van der Waals surface area contributed by atoms with E-state index in [1.807, 2.05) is 24.3 Å². The summed E-state index contributed by atoms with van der Waals surface area (Å²) in [5.41, 5.74) is 9.08. The second-order valence-corrected chi connectivity index (χ2v) is 10.2. The summed E-state index contributed by atoms with van der Waals surface area (Å²) in [6.07, 6.45) is 0. The summed E-state index contributed by atoms with van der Waals surface area (Å²) in [5.74, 6) is 3.17. The monoisotopic (exact) mass is 488 g/mol. The summed E-state index contributed by atoms with van der Waals surface area (Å²) >= 11 is 0. The highest BCUT2D eigenvalue weighted by Crippen LogP contribution is 2.38. The highest BCUT2D eigenvalue weighted by Gasteiger charge is 2.40. The number of para-hydroxylation sites is 1. The first-order chi connectivity index (χ1) is 18.6. The Morgan fingerprint density at radius 1 is 0.658 bits per heavy atom. The number of nitrogens with zero attached hydrogens (tertiary/aromatic N) is 2. The van der Waals surface area contributed by atoms with Crippen molar-refractivity contribution in [1.29, 1.82) is 5.26 Å². The van der Waals surface area contributed by atoms with Crippen LogP contribution in [0.5, 0.6) is 23.0 Å². The number of nitriles is 1. The van der Waals surface area contributed by atoms with E-state index in [-0.39, 0.29) is 6.71 Å². The van der Waals surface area contributed by atoms with Gasteiger partial charge in [-0.15, -0.1) is 0 Å². The predicted octanol–water partition coefficient (Wildman–Crippen LogP) is 6.00. The van der Waals surface area contributed by atoms with Gasteiger partial charge in [0.15, 0.2) is 0 Å². The van der Waals surface area contributed by atoms with Crippen molar-refractivity contribution < 1.29 is 9.47 Å². The molecule has 0 aliphatic carbocycles. The number of aromatic nitrogens is 1. The van der Waals surface area contributed by atoms with Crippen molar-refractivity contribution in [2.24, 2.45) is 0 Å². The third-order valence-corrected chi connectivity index (χ3v) is 7.86. The number of fused-ring (bicyclic) bond motifs is 7. The number of hydrogen-bond acceptors (Lipinski definition) is 3. The standard InChI is InChI=1S/C33H21BN2O2/c1-19-10-12-23-22-6-3-4-7-26(22)36(28(23)14-19)27-17-25-32(16-21(27)18-35)38-30-9-5-8-29-33(30)34(25)24-13-11-20(2)15-31(24)37-29/h3-17H,1-2H3. The van der Waals surface area contributed by atoms with Crippen molar-refractivity contribution in [2.75, 3.05) is 0 Å². The summed E-state index contributed by atoms with van der Waals surface area (Å²) in [6, 6.07) is 33.8. The van der Waals surface area contributed by atoms with E-state index < -0.39 is 0 Å². The molecule has 3 heterocycles. The average Bonchev–Trinajstić information content (AvgIpc) is 3.25. The van der Waals surface area contributed by atoms with Gasteiger partial charge in [-0.25, -0.2) is 0 Å². The Hall–Kier alpha value is -4.95. The highest BCUT2D eigenvalue weighted by atomic mass is 16.5. The van der Waals surface area contributed by atoms with Gasteiger partial charge in [0.1, 0.15) is 29.1 Å². The van der Waals surface area contributed by atoms with Crippen LogP contribution in [-0.2, 0) is 0 Å². The highest BCUT2D eigenvalue weighted by molar-refractivity contribution is 6.98. The number of rotatable bonds is 1. The van der Waals surface area contributed by atoms with E-state index in [0.717, 1.165) is 55.9 Å². The van der Waals surface area contributed by atoms with Crippen LogP contribution >= 0.6 is 0 Å². The third kappa shape index (κ3) is 2.80. The minimum atomic E-state index is -0.0596. The summed E-state index contributed by atoms with van der Waals surface area (Å²) in [5, 5.41) is 12.7. The first kappa shape index (κ1) is 21.2. The van der Waals surface area contributed by atoms with E-state index in [9.17, 15) is 5.26 Å². The van der Waals surface area contributed by atoms with E-state index in [4.69, 9.17) is 9.47 Å². The van der Waals surface area contributed by atoms with E-state index in [1.165, 1.54) is 16.3 Å². The molecular weight excluding hydrogens is 467 g/mol. The molecular formula is C33H21BN2O2. The van der Waals surface area contributed by atoms with Crippen molar-refractivity contribution in [3.63, 3.8) is 0 Å². The van der Waals surface area contributed by atoms with Gasteiger partial charge in [-0.05, 0) is 72.3 Å². The molecule has 8 rings (SSSR count). The molecule has 38 heavy (non-hydrogen) atoms. The van der Waals surface area contributed by atoms with Crippen molar-refractivity contribution in [3.8, 4) is 34.8 Å². The van der Waals surface area contributed by atoms with Gasteiger partial charge < -0.3 is 14.0 Å². The van der Waals surface area contributed by atoms with Gasteiger partial charge in [-0.1, -0.05) is 48.5 Å². The molecule has 2 aliphatic rings. The summed E-state index contributed by atoms with van der Waals surface area (Å²) < 4.78 is 15.0. The molecule has 0 fully saturated rings. The van der Waals surface area contributed by atoms with Crippen LogP contribution in [0.1, 0.15) is 16.7 Å². The molecule has 178 valence electrons. The van der Waals surface area contributed by atoms with Crippen LogP contribution < -0.4 is 25.9 Å². The fraction of sp³-hybridized carbons (Fsp3) is 0.0606. The van der Waals surface area contributed by atoms with Gasteiger partial charge in [-0.2, -0.15) is 5.26 Å². The molecule has 0 radical (unpaired) electrons. The molecule has 5 heteroatoms. The molecule has 6 aromatic rings. The number of hydrogen-bond donors (Lipinski definition) is 0. The molecule has 0 spiro atoms. The maximum absolute atomic E-state index is 10.3. The lowest BCUT2D eigenvalue weighted by atomic mass is 9.34. The Morgan fingerprint density at radius 3 is 2.18 bits per heavy atom. The Balaban J connectivity index is 1.47. The van der Waals surface area contributed by atoms with Crippen LogP contribution in [0.2, 0.25) is 0 Å². The van der Waals surface area contributed by atoms with Crippen LogP contribution in [0.15, 0.2) is 91.0 Å². The molecule has 0 unspecified atom stereocenters. The molecule has 5 aromatic carbocycles. The van der Waals surface area contributed by atoms with Gasteiger partial charge in [-0.3, -0.25) is 0 Å². The van der Waals surface area contributed by atoms with E-state index in [2.05, 4.69) is 91.2 Å². The largest absolute Gasteiger partial charge is 0.458 e. The lowest BCUT2D eigenvalue weighted by Crippen LogP contribution is -2.57. The van der Waals surface area contributed by atoms with E-state index >= 15 is 0 Å². The molecule has 0 bridgehead atoms. The van der Waals surface area contributed by atoms with Crippen LogP contribution in [0.3, 0.4) is 0 Å². The molecule has 4 nitrogen and oxygen atoms in total. The zero-order chi connectivity index (χ0) is 25.5. The summed E-state index contributed by atoms with van der Waals surface area (Å²) in [6.45, 7) is 4.12. The molecule has 0 amide bonds. The van der Waals surface area contributed by atoms with Gasteiger partial charge >= 0.3 is 0 Å². The lowest BCUT2D eigenvalue weighted by Gasteiger charge is -2.33. The Bertz CT molecular complexity index is 2030. The maximum Gasteiger partial charge on any atom is 0.260 e. The fourth-order valence-corrected chi connectivity index (χ4v) is 6.18. The van der Waals surface area contributed by atoms with Crippen LogP contribution in [0.4, 0.5) is 0 Å². The molecule has 0 saturated heterocycles. The second kappa shape index (κ2) is 7.53. The summed E-state index contributed by atoms with van der Waals surface area (Å²) in [7, 11) is 0. The van der Waals surface area contributed by atoms with Crippen LogP contribution in [-0.4, -0.2) is 11.3 Å². The average molecular weight is 488 g/mol. The van der Waals surface area contributed by atoms with Crippen LogP contribution in [0, 0.1) is 25.2 Å². The SMILES string of the molecule is Cc1ccc2c(c1)Oc1cccc3c1B2c1cc(-n2c4ccccc4c4ccc(C)cc42)c(C#N)cc1O3. The molecule has 1 aromatic heterocycles. The van der Waals surface area contributed by atoms with Crippen LogP contribution in [0.25, 0.3) is 27.5 Å². The minimum absolute atomic E-state index is 0.0596. The van der Waals surface area contributed by atoms with Gasteiger partial charge in [0.25, 0.3) is 6.71 Å². The predicted molar refractivity (Wildman–Crippen MR) is 153 cm³/mol. The Kier molecular flexibility index (Phi) is 4.20. The number of aryl methyl sites for hydroxylation is 2. The number of ether oxygens (including phenoxy) is 2. The quantitative estimate of drug-likeness (QED) is 0.267. The van der Waals surface area contributed by atoms with Crippen molar-refractivity contribution in [1.82, 2.24) is 4.57 Å². The smallest absolute Gasteiger partial charge is 0.260 e. The van der Waals surface area contributed by atoms with Gasteiger partial charge in [0, 0.05) is 22.3 Å². The maximum atomic E-state index is 10.3. The topological polar surface area (TPSA) is 47.2 Å². The Labute approximate surface area is 220 Å². The fourth-order valence-electron chi connectivity index (χ4n) is 6.18. The first-order valence-electron chi connectivity index (χ1n) is 12.8. The van der Waals surface area contributed by atoms with Gasteiger partial charge in [0.2, 0.25) is 0 Å². The van der Waals surface area contributed by atoms with Crippen molar-refractivity contribution in [2.45, 2.75) is 13.8 Å². The summed E-state index contributed by atoms with van der Waals surface area (Å²) in [4.78, 5) is 0. The number of benzene rings is 5. The molecule has 2 aliphatic heterocycles. The zero-order valence-electron chi connectivity index (χ0n) is 20.9. The van der Waals surface area contributed by atoms with E-state index in [0.29, 0.717) is 11.3 Å². The van der Waals surface area contributed by atoms with Gasteiger partial charge in [0.05, 0.1) is 22.3 Å². The molecule has 0 atom stereocenters. The van der Waals surface area contributed by atoms with Crippen molar-refractivity contribution in [3.05, 3.63) is 108 Å².